The number of hydrogen-bond donors (Lipinski definition) is 1. The van der Waals surface area contributed by atoms with Gasteiger partial charge in [0.05, 0.1) is 0 Å². The summed E-state index contributed by atoms with van der Waals surface area (Å²) < 4.78 is 13.0. The molecular formula is C19H25FN4O. The van der Waals surface area contributed by atoms with E-state index in [1.165, 1.54) is 18.3 Å². The Kier molecular flexibility index (Phi) is 7.27. The Morgan fingerprint density at radius 2 is 1.92 bits per heavy atom. The van der Waals surface area contributed by atoms with E-state index in [1.54, 1.807) is 17.0 Å². The van der Waals surface area contributed by atoms with Gasteiger partial charge in [0, 0.05) is 44.6 Å². The number of piperazine rings is 1. The number of carbonyl (C=O) groups is 1. The van der Waals surface area contributed by atoms with Crippen LogP contribution in [-0.2, 0) is 4.79 Å². The second kappa shape index (κ2) is 9.67. The molecule has 1 fully saturated rings. The summed E-state index contributed by atoms with van der Waals surface area (Å²) in [7, 11) is 0. The average molecular weight is 344 g/mol. The van der Waals surface area contributed by atoms with Gasteiger partial charge in [-0.3, -0.25) is 4.79 Å². The molecule has 0 saturated carbocycles. The number of nitrogens with one attached hydrogen (secondary N) is 1. The molecule has 0 aliphatic carbocycles. The highest BCUT2D eigenvalue weighted by Crippen LogP contribution is 2.17. The monoisotopic (exact) mass is 344 g/mol. The van der Waals surface area contributed by atoms with E-state index in [1.807, 2.05) is 6.07 Å². The van der Waals surface area contributed by atoms with Crippen molar-refractivity contribution in [1.29, 1.82) is 5.26 Å². The summed E-state index contributed by atoms with van der Waals surface area (Å²) >= 11 is 0. The minimum atomic E-state index is -0.257. The summed E-state index contributed by atoms with van der Waals surface area (Å²) in [5.41, 5.74) is 1.09. The van der Waals surface area contributed by atoms with Crippen molar-refractivity contribution >= 4 is 11.6 Å². The number of unbranched alkanes of at least 4 members (excludes halogenated alkanes) is 2. The first-order valence-electron chi connectivity index (χ1n) is 8.79. The number of carbonyl (C=O) groups excluding carboxylic acids is 1. The first-order valence-corrected chi connectivity index (χ1v) is 8.79. The number of rotatable bonds is 7. The summed E-state index contributed by atoms with van der Waals surface area (Å²) in [5.74, 6) is -0.489. The van der Waals surface area contributed by atoms with Crippen molar-refractivity contribution in [3.8, 4) is 6.07 Å². The van der Waals surface area contributed by atoms with Gasteiger partial charge in [-0.15, -0.1) is 0 Å². The van der Waals surface area contributed by atoms with Gasteiger partial charge in [0.1, 0.15) is 17.5 Å². The third kappa shape index (κ3) is 5.49. The molecule has 0 atom stereocenters. The van der Waals surface area contributed by atoms with E-state index < -0.39 is 0 Å². The lowest BCUT2D eigenvalue weighted by atomic mass is 10.2. The molecule has 1 heterocycles. The molecule has 1 aromatic rings. The van der Waals surface area contributed by atoms with Gasteiger partial charge in [-0.05, 0) is 30.7 Å². The summed E-state index contributed by atoms with van der Waals surface area (Å²) in [6, 6.07) is 8.35. The topological polar surface area (TPSA) is 59.4 Å². The fourth-order valence-corrected chi connectivity index (χ4v) is 2.78. The van der Waals surface area contributed by atoms with Crippen LogP contribution in [-0.4, -0.2) is 43.5 Å². The Morgan fingerprint density at radius 3 is 2.52 bits per heavy atom. The van der Waals surface area contributed by atoms with Gasteiger partial charge in [-0.25, -0.2) is 4.39 Å². The van der Waals surface area contributed by atoms with Crippen LogP contribution in [0.2, 0.25) is 0 Å². The Bertz CT molecular complexity index is 628. The first kappa shape index (κ1) is 18.8. The fraction of sp³-hybridized carbons (Fsp3) is 0.474. The van der Waals surface area contributed by atoms with Crippen LogP contribution in [0, 0.1) is 17.1 Å². The standard InChI is InChI=1S/C19H25FN4O/c1-2-3-4-9-22-15-16(14-21)19(25)24-12-10-23(11-13-24)18-7-5-17(20)6-8-18/h5-8,15,22H,2-4,9-13H2,1H3/b16-15-. The normalized spacial score (nSPS) is 15.0. The molecule has 1 N–H and O–H groups in total. The molecule has 1 aliphatic heterocycles. The highest BCUT2D eigenvalue weighted by atomic mass is 19.1. The lowest BCUT2D eigenvalue weighted by Crippen LogP contribution is -2.49. The van der Waals surface area contributed by atoms with Crippen molar-refractivity contribution in [2.45, 2.75) is 26.2 Å². The second-order valence-corrected chi connectivity index (χ2v) is 6.09. The average Bonchev–Trinajstić information content (AvgIpc) is 2.65. The van der Waals surface area contributed by atoms with Crippen molar-refractivity contribution in [1.82, 2.24) is 10.2 Å². The second-order valence-electron chi connectivity index (χ2n) is 6.09. The van der Waals surface area contributed by atoms with Crippen LogP contribution >= 0.6 is 0 Å². The molecule has 5 nitrogen and oxygen atoms in total. The third-order valence-electron chi connectivity index (χ3n) is 4.28. The molecule has 0 spiro atoms. The highest BCUT2D eigenvalue weighted by Gasteiger charge is 2.23. The van der Waals surface area contributed by atoms with E-state index in [0.29, 0.717) is 26.2 Å². The van der Waals surface area contributed by atoms with Gasteiger partial charge < -0.3 is 15.1 Å². The maximum atomic E-state index is 13.0. The zero-order valence-electron chi connectivity index (χ0n) is 14.7. The number of anilines is 1. The van der Waals surface area contributed by atoms with E-state index in [9.17, 15) is 14.4 Å². The minimum Gasteiger partial charge on any atom is -0.390 e. The fourth-order valence-electron chi connectivity index (χ4n) is 2.78. The maximum Gasteiger partial charge on any atom is 0.266 e. The quantitative estimate of drug-likeness (QED) is 0.469. The van der Waals surface area contributed by atoms with E-state index in [4.69, 9.17) is 0 Å². The van der Waals surface area contributed by atoms with Gasteiger partial charge in [0.2, 0.25) is 0 Å². The van der Waals surface area contributed by atoms with E-state index in [0.717, 1.165) is 31.5 Å². The van der Waals surface area contributed by atoms with Crippen LogP contribution in [0.5, 0.6) is 0 Å². The van der Waals surface area contributed by atoms with Crippen LogP contribution < -0.4 is 10.2 Å². The van der Waals surface area contributed by atoms with Crippen molar-refractivity contribution in [3.05, 3.63) is 41.9 Å². The van der Waals surface area contributed by atoms with Crippen molar-refractivity contribution in [3.63, 3.8) is 0 Å². The van der Waals surface area contributed by atoms with Crippen LogP contribution in [0.15, 0.2) is 36.0 Å². The predicted octanol–water partition coefficient (Wildman–Crippen LogP) is 2.66. The molecule has 1 aliphatic rings. The Hall–Kier alpha value is -2.55. The van der Waals surface area contributed by atoms with Crippen molar-refractivity contribution in [2.75, 3.05) is 37.6 Å². The Balaban J connectivity index is 1.85. The molecular weight excluding hydrogens is 319 g/mol. The predicted molar refractivity (Wildman–Crippen MR) is 96.4 cm³/mol. The summed E-state index contributed by atoms with van der Waals surface area (Å²) in [5, 5.41) is 12.3. The van der Waals surface area contributed by atoms with Gasteiger partial charge in [-0.2, -0.15) is 5.26 Å². The number of halogens is 1. The Morgan fingerprint density at radius 1 is 1.24 bits per heavy atom. The molecule has 1 saturated heterocycles. The molecule has 25 heavy (non-hydrogen) atoms. The van der Waals surface area contributed by atoms with Crippen LogP contribution in [0.4, 0.5) is 10.1 Å². The molecule has 0 unspecified atom stereocenters. The summed E-state index contributed by atoms with van der Waals surface area (Å²) in [4.78, 5) is 16.3. The number of benzene rings is 1. The first-order chi connectivity index (χ1) is 12.2. The summed E-state index contributed by atoms with van der Waals surface area (Å²) in [6.07, 6.45) is 4.82. The molecule has 2 rings (SSSR count). The minimum absolute atomic E-state index is 0.145. The molecule has 1 aromatic carbocycles. The zero-order valence-corrected chi connectivity index (χ0v) is 14.7. The number of hydrogen-bond acceptors (Lipinski definition) is 4. The largest absolute Gasteiger partial charge is 0.390 e. The smallest absolute Gasteiger partial charge is 0.266 e. The van der Waals surface area contributed by atoms with E-state index >= 15 is 0 Å². The van der Waals surface area contributed by atoms with Crippen LogP contribution in [0.1, 0.15) is 26.2 Å². The van der Waals surface area contributed by atoms with Gasteiger partial charge in [-0.1, -0.05) is 19.8 Å². The lowest BCUT2D eigenvalue weighted by molar-refractivity contribution is -0.127. The molecule has 134 valence electrons. The molecule has 1 amide bonds. The number of amides is 1. The van der Waals surface area contributed by atoms with Crippen LogP contribution in [0.25, 0.3) is 0 Å². The Labute approximate surface area is 148 Å². The number of nitriles is 1. The van der Waals surface area contributed by atoms with Gasteiger partial charge in [0.25, 0.3) is 5.91 Å². The zero-order chi connectivity index (χ0) is 18.1. The maximum absolute atomic E-state index is 13.0. The summed E-state index contributed by atoms with van der Waals surface area (Å²) in [6.45, 7) is 5.33. The molecule has 0 aromatic heterocycles. The molecule has 0 bridgehead atoms. The third-order valence-corrected chi connectivity index (χ3v) is 4.28. The van der Waals surface area contributed by atoms with Gasteiger partial charge in [0.15, 0.2) is 0 Å². The lowest BCUT2D eigenvalue weighted by Gasteiger charge is -2.36. The highest BCUT2D eigenvalue weighted by molar-refractivity contribution is 5.97. The van der Waals surface area contributed by atoms with Crippen LogP contribution in [0.3, 0.4) is 0 Å². The van der Waals surface area contributed by atoms with Crippen molar-refractivity contribution in [2.24, 2.45) is 0 Å². The SMILES string of the molecule is CCCCCN/C=C(/C#N)C(=O)N1CCN(c2ccc(F)cc2)CC1. The molecule has 6 heteroatoms. The number of nitrogens with zero attached hydrogens (tertiary/aromatic N) is 3. The van der Waals surface area contributed by atoms with E-state index in [-0.39, 0.29) is 17.3 Å². The van der Waals surface area contributed by atoms with Crippen molar-refractivity contribution < 1.29 is 9.18 Å². The van der Waals surface area contributed by atoms with Gasteiger partial charge >= 0.3 is 0 Å². The molecule has 0 radical (unpaired) electrons. The van der Waals surface area contributed by atoms with E-state index in [2.05, 4.69) is 17.1 Å².